The zero-order valence-corrected chi connectivity index (χ0v) is 12.4. The molecule has 0 unspecified atom stereocenters. The van der Waals surface area contributed by atoms with Crippen LogP contribution in [0.15, 0.2) is 36.7 Å². The zero-order chi connectivity index (χ0) is 14.8. The molecule has 2 heterocycles. The highest BCUT2D eigenvalue weighted by Gasteiger charge is 2.29. The molecule has 1 aliphatic rings. The number of carbonyl (C=O) groups excluding carboxylic acids is 1. The summed E-state index contributed by atoms with van der Waals surface area (Å²) < 4.78 is 7.45. The summed E-state index contributed by atoms with van der Waals surface area (Å²) >= 11 is 5.95. The summed E-state index contributed by atoms with van der Waals surface area (Å²) in [5, 5.41) is 7.73. The van der Waals surface area contributed by atoms with Crippen molar-refractivity contribution in [2.24, 2.45) is 0 Å². The quantitative estimate of drug-likeness (QED) is 0.940. The van der Waals surface area contributed by atoms with Gasteiger partial charge in [0.15, 0.2) is 6.10 Å². The van der Waals surface area contributed by atoms with Gasteiger partial charge in [-0.2, -0.15) is 5.10 Å². The van der Waals surface area contributed by atoms with Crippen LogP contribution in [-0.4, -0.2) is 27.8 Å². The van der Waals surface area contributed by atoms with Crippen LogP contribution in [0.25, 0.3) is 0 Å². The lowest BCUT2D eigenvalue weighted by Gasteiger charge is -2.17. The first kappa shape index (κ1) is 13.9. The normalized spacial score (nSPS) is 17.9. The van der Waals surface area contributed by atoms with E-state index in [9.17, 15) is 4.79 Å². The molecule has 0 fully saturated rings. The first-order valence-corrected chi connectivity index (χ1v) is 7.22. The van der Waals surface area contributed by atoms with Crippen LogP contribution < -0.4 is 10.1 Å². The highest BCUT2D eigenvalue weighted by atomic mass is 35.5. The number of halogens is 1. The third-order valence-electron chi connectivity index (χ3n) is 3.40. The van der Waals surface area contributed by atoms with Crippen LogP contribution in [0.1, 0.15) is 12.5 Å². The molecule has 2 atom stereocenters. The molecule has 0 saturated carbocycles. The maximum absolute atomic E-state index is 12.2. The van der Waals surface area contributed by atoms with Crippen molar-refractivity contribution < 1.29 is 9.53 Å². The molecule has 0 bridgehead atoms. The molecule has 21 heavy (non-hydrogen) atoms. The van der Waals surface area contributed by atoms with Gasteiger partial charge in [0.2, 0.25) is 0 Å². The minimum absolute atomic E-state index is 0.0201. The number of fused-ring (bicyclic) bond motifs is 1. The molecule has 2 aromatic rings. The summed E-state index contributed by atoms with van der Waals surface area (Å²) in [4.78, 5) is 12.2. The molecule has 6 heteroatoms. The number of nitrogens with zero attached hydrogens (tertiary/aromatic N) is 2. The number of aromatic nitrogens is 2. The molecular weight excluding hydrogens is 290 g/mol. The van der Waals surface area contributed by atoms with Crippen molar-refractivity contribution >= 4 is 17.5 Å². The lowest BCUT2D eigenvalue weighted by Crippen LogP contribution is -2.43. The Balaban J connectivity index is 1.57. The van der Waals surface area contributed by atoms with E-state index in [0.29, 0.717) is 18.0 Å². The minimum Gasteiger partial charge on any atom is -0.480 e. The first-order chi connectivity index (χ1) is 10.1. The smallest absolute Gasteiger partial charge is 0.261 e. The van der Waals surface area contributed by atoms with Crippen LogP contribution in [0.2, 0.25) is 5.02 Å². The maximum Gasteiger partial charge on any atom is 0.261 e. The standard InChI is InChI=1S/C15H16ClN3O2/c1-10(9-19-6-2-5-17-19)18-15(20)14-8-11-7-12(16)3-4-13(11)21-14/h2-7,10,14H,8-9H2,1H3,(H,18,20)/t10-,14+/m0/s1. The second kappa shape index (κ2) is 5.77. The van der Waals surface area contributed by atoms with Gasteiger partial charge >= 0.3 is 0 Å². The van der Waals surface area contributed by atoms with E-state index in [1.54, 1.807) is 23.0 Å². The van der Waals surface area contributed by atoms with Gasteiger partial charge in [0, 0.05) is 29.9 Å². The SMILES string of the molecule is C[C@@H](Cn1cccn1)NC(=O)[C@H]1Cc2cc(Cl)ccc2O1. The number of benzene rings is 1. The molecule has 0 saturated heterocycles. The van der Waals surface area contributed by atoms with Crippen molar-refractivity contribution in [2.75, 3.05) is 0 Å². The van der Waals surface area contributed by atoms with E-state index < -0.39 is 6.10 Å². The lowest BCUT2D eigenvalue weighted by atomic mass is 10.1. The van der Waals surface area contributed by atoms with Gasteiger partial charge in [-0.15, -0.1) is 0 Å². The van der Waals surface area contributed by atoms with Gasteiger partial charge in [0.25, 0.3) is 5.91 Å². The van der Waals surface area contributed by atoms with Crippen LogP contribution >= 0.6 is 11.6 Å². The number of amides is 1. The Bertz CT molecular complexity index is 642. The van der Waals surface area contributed by atoms with E-state index >= 15 is 0 Å². The highest BCUT2D eigenvalue weighted by molar-refractivity contribution is 6.30. The molecule has 1 N–H and O–H groups in total. The van der Waals surface area contributed by atoms with E-state index in [1.165, 1.54) is 0 Å². The minimum atomic E-state index is -0.487. The second-order valence-corrected chi connectivity index (χ2v) is 5.64. The summed E-state index contributed by atoms with van der Waals surface area (Å²) in [6, 6.07) is 7.25. The number of hydrogen-bond donors (Lipinski definition) is 1. The van der Waals surface area contributed by atoms with E-state index in [4.69, 9.17) is 16.3 Å². The van der Waals surface area contributed by atoms with Crippen LogP contribution in [0.3, 0.4) is 0 Å². The van der Waals surface area contributed by atoms with E-state index in [1.807, 2.05) is 25.3 Å². The Morgan fingerprint density at radius 2 is 2.48 bits per heavy atom. The third-order valence-corrected chi connectivity index (χ3v) is 3.63. The predicted molar refractivity (Wildman–Crippen MR) is 79.4 cm³/mol. The van der Waals surface area contributed by atoms with Gasteiger partial charge in [-0.3, -0.25) is 9.48 Å². The van der Waals surface area contributed by atoms with Crippen LogP contribution in [0.5, 0.6) is 5.75 Å². The predicted octanol–water partition coefficient (Wildman–Crippen LogP) is 2.04. The summed E-state index contributed by atoms with van der Waals surface area (Å²) in [6.45, 7) is 2.57. The number of ether oxygens (including phenoxy) is 1. The summed E-state index contributed by atoms with van der Waals surface area (Å²) in [5.41, 5.74) is 0.974. The topological polar surface area (TPSA) is 56.2 Å². The molecule has 1 aromatic carbocycles. The second-order valence-electron chi connectivity index (χ2n) is 5.20. The third kappa shape index (κ3) is 3.19. The van der Waals surface area contributed by atoms with E-state index in [-0.39, 0.29) is 11.9 Å². The molecule has 0 radical (unpaired) electrons. The fourth-order valence-electron chi connectivity index (χ4n) is 2.43. The molecule has 0 spiro atoms. The van der Waals surface area contributed by atoms with Crippen molar-refractivity contribution in [3.8, 4) is 5.75 Å². The fourth-order valence-corrected chi connectivity index (χ4v) is 2.63. The Labute approximate surface area is 127 Å². The Kier molecular flexibility index (Phi) is 3.84. The number of nitrogens with one attached hydrogen (secondary N) is 1. The molecular formula is C15H16ClN3O2. The average molecular weight is 306 g/mol. The van der Waals surface area contributed by atoms with Gasteiger partial charge in [0.05, 0.1) is 6.54 Å². The highest BCUT2D eigenvalue weighted by Crippen LogP contribution is 2.31. The van der Waals surface area contributed by atoms with Gasteiger partial charge in [-0.1, -0.05) is 11.6 Å². The summed E-state index contributed by atoms with van der Waals surface area (Å²) in [7, 11) is 0. The van der Waals surface area contributed by atoms with Crippen LogP contribution in [0.4, 0.5) is 0 Å². The molecule has 5 nitrogen and oxygen atoms in total. The van der Waals surface area contributed by atoms with Gasteiger partial charge in [-0.25, -0.2) is 0 Å². The Morgan fingerprint density at radius 1 is 1.62 bits per heavy atom. The summed E-state index contributed by atoms with van der Waals surface area (Å²) in [6.07, 6.45) is 3.65. The van der Waals surface area contributed by atoms with Gasteiger partial charge < -0.3 is 10.1 Å². The Morgan fingerprint density at radius 3 is 3.24 bits per heavy atom. The molecule has 110 valence electrons. The van der Waals surface area contributed by atoms with Gasteiger partial charge in [0.1, 0.15) is 5.75 Å². The van der Waals surface area contributed by atoms with Crippen molar-refractivity contribution in [3.05, 3.63) is 47.2 Å². The number of rotatable bonds is 4. The van der Waals surface area contributed by atoms with Crippen molar-refractivity contribution in [1.29, 1.82) is 0 Å². The number of hydrogen-bond acceptors (Lipinski definition) is 3. The van der Waals surface area contributed by atoms with Crippen LogP contribution in [0, 0.1) is 0 Å². The van der Waals surface area contributed by atoms with Crippen molar-refractivity contribution in [2.45, 2.75) is 32.0 Å². The fraction of sp³-hybridized carbons (Fsp3) is 0.333. The van der Waals surface area contributed by atoms with Gasteiger partial charge in [-0.05, 0) is 36.8 Å². The average Bonchev–Trinajstić information content (AvgIpc) is 3.06. The first-order valence-electron chi connectivity index (χ1n) is 6.85. The molecule has 1 amide bonds. The molecule has 1 aliphatic heterocycles. The number of carbonyl (C=O) groups is 1. The van der Waals surface area contributed by atoms with Crippen LogP contribution in [-0.2, 0) is 17.8 Å². The molecule has 3 rings (SSSR count). The summed E-state index contributed by atoms with van der Waals surface area (Å²) in [5.74, 6) is 0.626. The molecule has 1 aromatic heterocycles. The van der Waals surface area contributed by atoms with Crippen molar-refractivity contribution in [1.82, 2.24) is 15.1 Å². The zero-order valence-electron chi connectivity index (χ0n) is 11.6. The maximum atomic E-state index is 12.2. The van der Waals surface area contributed by atoms with E-state index in [2.05, 4.69) is 10.4 Å². The monoisotopic (exact) mass is 305 g/mol. The van der Waals surface area contributed by atoms with E-state index in [0.717, 1.165) is 11.3 Å². The molecule has 0 aliphatic carbocycles. The largest absolute Gasteiger partial charge is 0.480 e. The lowest BCUT2D eigenvalue weighted by molar-refractivity contribution is -0.127. The van der Waals surface area contributed by atoms with Crippen molar-refractivity contribution in [3.63, 3.8) is 0 Å². The Hall–Kier alpha value is -2.01.